The number of carbonyl (C=O) groups is 1. The van der Waals surface area contributed by atoms with Gasteiger partial charge in [0.2, 0.25) is 0 Å². The van der Waals surface area contributed by atoms with Gasteiger partial charge in [0.1, 0.15) is 11.2 Å². The van der Waals surface area contributed by atoms with E-state index >= 15 is 0 Å². The number of amides is 1. The van der Waals surface area contributed by atoms with Crippen LogP contribution in [-0.4, -0.2) is 27.2 Å². The first-order valence-electron chi connectivity index (χ1n) is 7.24. The predicted octanol–water partition coefficient (Wildman–Crippen LogP) is 2.65. The quantitative estimate of drug-likeness (QED) is 0.743. The molecule has 6 heteroatoms. The van der Waals surface area contributed by atoms with Gasteiger partial charge in [0, 0.05) is 24.3 Å². The maximum absolute atomic E-state index is 12.6. The zero-order valence-electron chi connectivity index (χ0n) is 13.2. The minimum absolute atomic E-state index is 0.0878. The molecule has 3 rings (SSSR count). The molecule has 3 aromatic rings. The Bertz CT molecular complexity index is 942. The molecule has 0 bridgehead atoms. The van der Waals surface area contributed by atoms with Crippen LogP contribution in [-0.2, 0) is 6.54 Å². The number of thiophene rings is 1. The van der Waals surface area contributed by atoms with E-state index < -0.39 is 0 Å². The van der Waals surface area contributed by atoms with Crippen LogP contribution >= 0.6 is 11.3 Å². The van der Waals surface area contributed by atoms with E-state index in [0.29, 0.717) is 12.2 Å². The summed E-state index contributed by atoms with van der Waals surface area (Å²) in [6.07, 6.45) is 3.07. The van der Waals surface area contributed by atoms with E-state index in [1.54, 1.807) is 35.5 Å². The fourth-order valence-corrected chi connectivity index (χ4v) is 3.35. The average molecular weight is 327 g/mol. The first-order chi connectivity index (χ1) is 11.0. The van der Waals surface area contributed by atoms with E-state index in [0.717, 1.165) is 16.0 Å². The highest BCUT2D eigenvalue weighted by Crippen LogP contribution is 2.17. The Labute approximate surface area is 137 Å². The largest absolute Gasteiger partial charge is 0.336 e. The summed E-state index contributed by atoms with van der Waals surface area (Å²) in [6.45, 7) is 4.39. The topological polar surface area (TPSA) is 54.7 Å². The van der Waals surface area contributed by atoms with Crippen LogP contribution in [0, 0.1) is 13.8 Å². The third-order valence-electron chi connectivity index (χ3n) is 3.78. The fourth-order valence-electron chi connectivity index (χ4n) is 2.39. The number of fused-ring (bicyclic) bond motifs is 1. The summed E-state index contributed by atoms with van der Waals surface area (Å²) in [4.78, 5) is 32.1. The average Bonchev–Trinajstić information content (AvgIpc) is 2.93. The highest BCUT2D eigenvalue weighted by Gasteiger charge is 2.18. The Morgan fingerprint density at radius 1 is 1.30 bits per heavy atom. The highest BCUT2D eigenvalue weighted by atomic mass is 32.1. The van der Waals surface area contributed by atoms with Gasteiger partial charge in [-0.3, -0.25) is 14.0 Å². The highest BCUT2D eigenvalue weighted by molar-refractivity contribution is 7.10. The van der Waals surface area contributed by atoms with Gasteiger partial charge in [-0.05, 0) is 42.5 Å². The molecule has 118 valence electrons. The van der Waals surface area contributed by atoms with E-state index in [1.165, 1.54) is 10.6 Å². The minimum atomic E-state index is -0.335. The lowest BCUT2D eigenvalue weighted by molar-refractivity contribution is 0.0784. The zero-order chi connectivity index (χ0) is 16.6. The van der Waals surface area contributed by atoms with Gasteiger partial charge in [-0.1, -0.05) is 6.07 Å². The number of aromatic nitrogens is 2. The van der Waals surface area contributed by atoms with Crippen molar-refractivity contribution in [3.05, 3.63) is 67.9 Å². The molecule has 0 aromatic carbocycles. The molecule has 0 N–H and O–H groups in total. The summed E-state index contributed by atoms with van der Waals surface area (Å²) in [6, 6.07) is 5.67. The second kappa shape index (κ2) is 5.96. The van der Waals surface area contributed by atoms with Gasteiger partial charge in [-0.2, -0.15) is 0 Å². The lowest BCUT2D eigenvalue weighted by Crippen LogP contribution is -2.33. The fraction of sp³-hybridized carbons (Fsp3) is 0.235. The Hall–Kier alpha value is -2.47. The van der Waals surface area contributed by atoms with Crippen LogP contribution in [0.4, 0.5) is 0 Å². The van der Waals surface area contributed by atoms with E-state index in [-0.39, 0.29) is 17.0 Å². The van der Waals surface area contributed by atoms with E-state index in [4.69, 9.17) is 0 Å². The molecule has 0 spiro atoms. The van der Waals surface area contributed by atoms with Gasteiger partial charge in [0.05, 0.1) is 6.54 Å². The molecule has 0 unspecified atom stereocenters. The van der Waals surface area contributed by atoms with Crippen molar-refractivity contribution in [2.45, 2.75) is 20.4 Å². The molecule has 23 heavy (non-hydrogen) atoms. The van der Waals surface area contributed by atoms with Gasteiger partial charge in [-0.15, -0.1) is 11.3 Å². The summed E-state index contributed by atoms with van der Waals surface area (Å²) < 4.78 is 1.42. The van der Waals surface area contributed by atoms with E-state index in [9.17, 15) is 9.59 Å². The number of pyridine rings is 1. The molecule has 5 nitrogen and oxygen atoms in total. The molecule has 0 aliphatic heterocycles. The Morgan fingerprint density at radius 3 is 2.78 bits per heavy atom. The van der Waals surface area contributed by atoms with E-state index in [1.807, 2.05) is 31.4 Å². The summed E-state index contributed by atoms with van der Waals surface area (Å²) in [5.41, 5.74) is 2.38. The number of hydrogen-bond acceptors (Lipinski definition) is 4. The van der Waals surface area contributed by atoms with Crippen molar-refractivity contribution in [3.63, 3.8) is 0 Å². The lowest BCUT2D eigenvalue weighted by Gasteiger charge is -2.16. The standard InChI is InChI=1S/C17H17N3O2S/c1-11-4-5-15-18-8-13(17(22)20(15)9-11)16(21)19(3)10-14-12(2)6-7-23-14/h4-9H,10H2,1-3H3. The molecule has 0 saturated heterocycles. The summed E-state index contributed by atoms with van der Waals surface area (Å²) in [5, 5.41) is 2.00. The number of hydrogen-bond donors (Lipinski definition) is 0. The van der Waals surface area contributed by atoms with Crippen molar-refractivity contribution in [2.75, 3.05) is 7.05 Å². The molecule has 0 aliphatic rings. The van der Waals surface area contributed by atoms with Crippen LogP contribution in [0.2, 0.25) is 0 Å². The van der Waals surface area contributed by atoms with Crippen LogP contribution in [0.15, 0.2) is 40.8 Å². The summed E-state index contributed by atoms with van der Waals surface area (Å²) in [7, 11) is 1.70. The normalized spacial score (nSPS) is 10.9. The van der Waals surface area contributed by atoms with Crippen molar-refractivity contribution in [1.29, 1.82) is 0 Å². The molecule has 1 amide bonds. The smallest absolute Gasteiger partial charge is 0.270 e. The monoisotopic (exact) mass is 327 g/mol. The van der Waals surface area contributed by atoms with Gasteiger partial charge in [-0.25, -0.2) is 4.98 Å². The van der Waals surface area contributed by atoms with Crippen molar-refractivity contribution < 1.29 is 4.79 Å². The molecular weight excluding hydrogens is 310 g/mol. The number of rotatable bonds is 3. The molecule has 3 heterocycles. The molecule has 0 radical (unpaired) electrons. The maximum atomic E-state index is 12.6. The van der Waals surface area contributed by atoms with Crippen LogP contribution in [0.3, 0.4) is 0 Å². The Kier molecular flexibility index (Phi) is 4.00. The summed E-state index contributed by atoms with van der Waals surface area (Å²) in [5.74, 6) is -0.314. The van der Waals surface area contributed by atoms with Crippen LogP contribution in [0.25, 0.3) is 5.65 Å². The second-order valence-electron chi connectivity index (χ2n) is 5.60. The molecule has 0 fully saturated rings. The van der Waals surface area contributed by atoms with Crippen molar-refractivity contribution >= 4 is 22.9 Å². The molecule has 0 atom stereocenters. The lowest BCUT2D eigenvalue weighted by atomic mass is 10.2. The van der Waals surface area contributed by atoms with Gasteiger partial charge >= 0.3 is 0 Å². The molecule has 0 aliphatic carbocycles. The third kappa shape index (κ3) is 2.90. The third-order valence-corrected chi connectivity index (χ3v) is 4.78. The van der Waals surface area contributed by atoms with E-state index in [2.05, 4.69) is 4.98 Å². The number of carbonyl (C=O) groups excluding carboxylic acids is 1. The first kappa shape index (κ1) is 15.4. The summed E-state index contributed by atoms with van der Waals surface area (Å²) >= 11 is 1.61. The van der Waals surface area contributed by atoms with Gasteiger partial charge < -0.3 is 4.90 Å². The first-order valence-corrected chi connectivity index (χ1v) is 8.12. The van der Waals surface area contributed by atoms with Crippen LogP contribution in [0.5, 0.6) is 0 Å². The molecule has 0 saturated carbocycles. The van der Waals surface area contributed by atoms with Crippen molar-refractivity contribution in [2.24, 2.45) is 0 Å². The number of aryl methyl sites for hydroxylation is 2. The Balaban J connectivity index is 1.96. The zero-order valence-corrected chi connectivity index (χ0v) is 14.1. The molecule has 3 aromatic heterocycles. The van der Waals surface area contributed by atoms with Crippen molar-refractivity contribution in [1.82, 2.24) is 14.3 Å². The Morgan fingerprint density at radius 2 is 2.09 bits per heavy atom. The molecular formula is C17H17N3O2S. The number of nitrogens with zero attached hydrogens (tertiary/aromatic N) is 3. The second-order valence-corrected chi connectivity index (χ2v) is 6.60. The van der Waals surface area contributed by atoms with Crippen LogP contribution in [0.1, 0.15) is 26.4 Å². The van der Waals surface area contributed by atoms with Gasteiger partial charge in [0.25, 0.3) is 11.5 Å². The van der Waals surface area contributed by atoms with Crippen molar-refractivity contribution in [3.8, 4) is 0 Å². The SMILES string of the molecule is Cc1ccc2ncc(C(=O)N(C)Cc3sccc3C)c(=O)n2c1. The van der Waals surface area contributed by atoms with Gasteiger partial charge in [0.15, 0.2) is 0 Å². The maximum Gasteiger partial charge on any atom is 0.270 e. The predicted molar refractivity (Wildman–Crippen MR) is 91.1 cm³/mol. The minimum Gasteiger partial charge on any atom is -0.336 e. The van der Waals surface area contributed by atoms with Crippen LogP contribution < -0.4 is 5.56 Å².